The van der Waals surface area contributed by atoms with Gasteiger partial charge in [-0.3, -0.25) is 15.8 Å². The summed E-state index contributed by atoms with van der Waals surface area (Å²) in [5, 5.41) is 26.3. The zero-order chi connectivity index (χ0) is 7.49. The van der Waals surface area contributed by atoms with Crippen molar-refractivity contribution >= 4 is 0 Å². The number of nitrogens with two attached hydrogens (primary N) is 1. The smallest absolute Gasteiger partial charge is 0.318 e. The summed E-state index contributed by atoms with van der Waals surface area (Å²) in [6, 6.07) is 0. The van der Waals surface area contributed by atoms with Gasteiger partial charge < -0.3 is 10.2 Å². The molecule has 4 N–H and O–H groups in total. The van der Waals surface area contributed by atoms with Crippen molar-refractivity contribution in [2.45, 2.75) is 5.66 Å². The quantitative estimate of drug-likeness (QED) is 0.234. The van der Waals surface area contributed by atoms with Crippen molar-refractivity contribution in [2.24, 2.45) is 5.73 Å². The van der Waals surface area contributed by atoms with E-state index in [9.17, 15) is 10.1 Å². The number of aliphatic hydroxyl groups excluding tert-OH is 2. The molecular formula is C3H8N2O4. The second kappa shape index (κ2) is 2.72. The Hall–Kier alpha value is -0.720. The fourth-order valence-corrected chi connectivity index (χ4v) is 0.165. The molecule has 0 fully saturated rings. The van der Waals surface area contributed by atoms with E-state index in [-0.39, 0.29) is 0 Å². The minimum absolute atomic E-state index is 0.865. The van der Waals surface area contributed by atoms with E-state index in [1.165, 1.54) is 0 Å². The lowest BCUT2D eigenvalue weighted by atomic mass is 10.2. The number of nitro groups is 1. The third kappa shape index (κ3) is 1.60. The lowest BCUT2D eigenvalue weighted by Crippen LogP contribution is -2.54. The van der Waals surface area contributed by atoms with Crippen molar-refractivity contribution in [1.82, 2.24) is 0 Å². The fourth-order valence-electron chi connectivity index (χ4n) is 0.165. The van der Waals surface area contributed by atoms with Gasteiger partial charge in [-0.25, -0.2) is 0 Å². The summed E-state index contributed by atoms with van der Waals surface area (Å²) in [5.74, 6) is 0. The number of hydrogen-bond acceptors (Lipinski definition) is 5. The first-order chi connectivity index (χ1) is 4.06. The molecule has 9 heavy (non-hydrogen) atoms. The average Bonchev–Trinajstić information content (AvgIpc) is 1.86. The summed E-state index contributed by atoms with van der Waals surface area (Å²) >= 11 is 0. The van der Waals surface area contributed by atoms with Gasteiger partial charge in [-0.15, -0.1) is 0 Å². The van der Waals surface area contributed by atoms with Crippen molar-refractivity contribution in [3.05, 3.63) is 10.1 Å². The molecule has 0 unspecified atom stereocenters. The second-order valence-corrected chi connectivity index (χ2v) is 1.68. The zero-order valence-corrected chi connectivity index (χ0v) is 4.65. The van der Waals surface area contributed by atoms with E-state index in [1.807, 2.05) is 0 Å². The molecule has 0 saturated carbocycles. The molecule has 0 rings (SSSR count). The lowest BCUT2D eigenvalue weighted by molar-refractivity contribution is -0.576. The van der Waals surface area contributed by atoms with Crippen LogP contribution >= 0.6 is 0 Å². The van der Waals surface area contributed by atoms with E-state index in [1.54, 1.807) is 0 Å². The number of nitrogens with zero attached hydrogens (tertiary/aromatic N) is 1. The topological polar surface area (TPSA) is 110 Å². The molecule has 0 bridgehead atoms. The maximum Gasteiger partial charge on any atom is 0.318 e. The highest BCUT2D eigenvalue weighted by Crippen LogP contribution is 1.96. The molecule has 0 aliphatic rings. The predicted molar refractivity (Wildman–Crippen MR) is 28.1 cm³/mol. The van der Waals surface area contributed by atoms with Gasteiger partial charge in [0.1, 0.15) is 13.2 Å². The third-order valence-electron chi connectivity index (χ3n) is 0.911. The van der Waals surface area contributed by atoms with Gasteiger partial charge in [0.05, 0.1) is 0 Å². The highest BCUT2D eigenvalue weighted by atomic mass is 16.6. The van der Waals surface area contributed by atoms with Crippen LogP contribution in [0.5, 0.6) is 0 Å². The molecular weight excluding hydrogens is 128 g/mol. The van der Waals surface area contributed by atoms with Crippen molar-refractivity contribution in [2.75, 3.05) is 13.2 Å². The molecule has 54 valence electrons. The maximum absolute atomic E-state index is 9.84. The van der Waals surface area contributed by atoms with Crippen molar-refractivity contribution < 1.29 is 15.1 Å². The van der Waals surface area contributed by atoms with E-state index in [0.29, 0.717) is 0 Å². The van der Waals surface area contributed by atoms with Crippen LogP contribution in [-0.2, 0) is 0 Å². The van der Waals surface area contributed by atoms with Gasteiger partial charge >= 0.3 is 5.66 Å². The van der Waals surface area contributed by atoms with Gasteiger partial charge in [0, 0.05) is 4.92 Å². The van der Waals surface area contributed by atoms with Gasteiger partial charge in [0.25, 0.3) is 0 Å². The van der Waals surface area contributed by atoms with Gasteiger partial charge in [0.2, 0.25) is 0 Å². The standard InChI is InChI=1S/C3H8N2O4/c4-3(1-6,2-7)5(8)9/h6-7H,1-2,4H2. The van der Waals surface area contributed by atoms with E-state index >= 15 is 0 Å². The molecule has 0 aliphatic heterocycles. The van der Waals surface area contributed by atoms with Gasteiger partial charge in [-0.1, -0.05) is 0 Å². The molecule has 0 aliphatic carbocycles. The van der Waals surface area contributed by atoms with Gasteiger partial charge in [-0.05, 0) is 0 Å². The summed E-state index contributed by atoms with van der Waals surface area (Å²) in [7, 11) is 0. The molecule has 0 saturated heterocycles. The minimum atomic E-state index is -2.08. The molecule has 6 heteroatoms. The first kappa shape index (κ1) is 8.28. The molecule has 0 atom stereocenters. The summed E-state index contributed by atoms with van der Waals surface area (Å²) < 4.78 is 0. The Morgan fingerprint density at radius 1 is 1.56 bits per heavy atom. The van der Waals surface area contributed by atoms with Crippen LogP contribution in [0, 0.1) is 10.1 Å². The molecule has 0 aromatic carbocycles. The minimum Gasteiger partial charge on any atom is -0.387 e. The van der Waals surface area contributed by atoms with Crippen LogP contribution in [0.4, 0.5) is 0 Å². The normalized spacial score (nSPS) is 11.4. The van der Waals surface area contributed by atoms with Crippen LogP contribution in [-0.4, -0.2) is 34.0 Å². The molecule has 0 spiro atoms. The fraction of sp³-hybridized carbons (Fsp3) is 1.00. The number of aliphatic hydroxyl groups is 2. The first-order valence-corrected chi connectivity index (χ1v) is 2.22. The Morgan fingerprint density at radius 3 is 1.89 bits per heavy atom. The summed E-state index contributed by atoms with van der Waals surface area (Å²) in [6.07, 6.45) is 0. The van der Waals surface area contributed by atoms with E-state index < -0.39 is 23.8 Å². The SMILES string of the molecule is NC(CO)(CO)[N+](=O)[O-]. The average molecular weight is 136 g/mol. The maximum atomic E-state index is 9.84. The number of rotatable bonds is 3. The molecule has 0 radical (unpaired) electrons. The Bertz CT molecular complexity index is 110. The van der Waals surface area contributed by atoms with Crippen LogP contribution < -0.4 is 5.73 Å². The monoisotopic (exact) mass is 136 g/mol. The Labute approximate surface area is 51.1 Å². The first-order valence-electron chi connectivity index (χ1n) is 2.22. The number of hydrogen-bond donors (Lipinski definition) is 3. The Morgan fingerprint density at radius 2 is 1.89 bits per heavy atom. The van der Waals surface area contributed by atoms with Gasteiger partial charge in [-0.2, -0.15) is 0 Å². The zero-order valence-electron chi connectivity index (χ0n) is 4.65. The molecule has 0 aromatic rings. The van der Waals surface area contributed by atoms with Crippen LogP contribution in [0.25, 0.3) is 0 Å². The lowest BCUT2D eigenvalue weighted by Gasteiger charge is -2.13. The summed E-state index contributed by atoms with van der Waals surface area (Å²) in [4.78, 5) is 8.92. The van der Waals surface area contributed by atoms with Crippen molar-refractivity contribution in [1.29, 1.82) is 0 Å². The van der Waals surface area contributed by atoms with Crippen LogP contribution in [0.1, 0.15) is 0 Å². The van der Waals surface area contributed by atoms with E-state index in [2.05, 4.69) is 0 Å². The molecule has 6 nitrogen and oxygen atoms in total. The summed E-state index contributed by atoms with van der Waals surface area (Å²) in [6.45, 7) is -1.73. The van der Waals surface area contributed by atoms with Crippen molar-refractivity contribution in [3.8, 4) is 0 Å². The predicted octanol–water partition coefficient (Wildman–Crippen LogP) is -2.10. The second-order valence-electron chi connectivity index (χ2n) is 1.68. The van der Waals surface area contributed by atoms with Crippen molar-refractivity contribution in [3.63, 3.8) is 0 Å². The molecule has 0 aromatic heterocycles. The largest absolute Gasteiger partial charge is 0.387 e. The van der Waals surface area contributed by atoms with Gasteiger partial charge in [0.15, 0.2) is 0 Å². The Kier molecular flexibility index (Phi) is 2.50. The molecule has 0 heterocycles. The Balaban J connectivity index is 4.09. The van der Waals surface area contributed by atoms with Crippen LogP contribution in [0.15, 0.2) is 0 Å². The van der Waals surface area contributed by atoms with Crippen LogP contribution in [0.3, 0.4) is 0 Å². The van der Waals surface area contributed by atoms with E-state index in [0.717, 1.165) is 0 Å². The van der Waals surface area contributed by atoms with E-state index in [4.69, 9.17) is 15.9 Å². The highest BCUT2D eigenvalue weighted by molar-refractivity contribution is 4.67. The summed E-state index contributed by atoms with van der Waals surface area (Å²) in [5.41, 5.74) is 2.76. The van der Waals surface area contributed by atoms with Crippen LogP contribution in [0.2, 0.25) is 0 Å². The highest BCUT2D eigenvalue weighted by Gasteiger charge is 2.36. The molecule has 0 amide bonds. The third-order valence-corrected chi connectivity index (χ3v) is 0.911.